The third kappa shape index (κ3) is 9.88. The van der Waals surface area contributed by atoms with Crippen LogP contribution in [0, 0.1) is 20.2 Å². The van der Waals surface area contributed by atoms with Crippen LogP contribution in [0.3, 0.4) is 0 Å². The lowest BCUT2D eigenvalue weighted by Gasteiger charge is -2.17. The molecule has 0 spiro atoms. The predicted molar refractivity (Wildman–Crippen MR) is 179 cm³/mol. The maximum atomic E-state index is 12.7. The van der Waals surface area contributed by atoms with Crippen molar-refractivity contribution in [3.63, 3.8) is 0 Å². The monoisotopic (exact) mass is 688 g/mol. The summed E-state index contributed by atoms with van der Waals surface area (Å²) in [5.41, 5.74) is 1.08. The molecule has 1 heterocycles. The largest absolute Gasteiger partial charge is 0.487 e. The molecule has 1 aliphatic heterocycles. The van der Waals surface area contributed by atoms with Gasteiger partial charge in [-0.25, -0.2) is 0 Å². The van der Waals surface area contributed by atoms with Crippen molar-refractivity contribution in [2.75, 3.05) is 63.5 Å². The van der Waals surface area contributed by atoms with E-state index >= 15 is 0 Å². The molecule has 0 fully saturated rings. The first-order valence-electron chi connectivity index (χ1n) is 15.3. The number of carbonyl (C=O) groups is 2. The summed E-state index contributed by atoms with van der Waals surface area (Å²) in [5.74, 6) is 0.642. The van der Waals surface area contributed by atoms with Crippen LogP contribution in [0.1, 0.15) is 20.7 Å². The molecule has 0 aromatic heterocycles. The van der Waals surface area contributed by atoms with E-state index in [1.54, 1.807) is 36.4 Å². The van der Waals surface area contributed by atoms with Gasteiger partial charge in [-0.15, -0.1) is 0 Å². The Morgan fingerprint density at radius 2 is 0.820 bits per heavy atom. The van der Waals surface area contributed by atoms with Crippen LogP contribution >= 0.6 is 0 Å². The van der Waals surface area contributed by atoms with Gasteiger partial charge in [-0.05, 0) is 48.5 Å². The molecule has 0 saturated heterocycles. The molecule has 0 unspecified atom stereocenters. The molecule has 4 aromatic carbocycles. The second-order valence-electron chi connectivity index (χ2n) is 10.5. The molecule has 1 aliphatic rings. The smallest absolute Gasteiger partial charge is 0.269 e. The number of nitro benzene ring substituents is 2. The molecule has 0 bridgehead atoms. The molecular weight excluding hydrogens is 656 g/mol. The van der Waals surface area contributed by atoms with Gasteiger partial charge in [0.15, 0.2) is 23.0 Å². The fourth-order valence-corrected chi connectivity index (χ4v) is 4.56. The van der Waals surface area contributed by atoms with E-state index in [9.17, 15) is 29.8 Å². The average molecular weight is 689 g/mol. The number of ether oxygens (including phenoxy) is 6. The lowest BCUT2D eigenvalue weighted by atomic mass is 10.2. The molecule has 5 rings (SSSR count). The number of hydrogen-bond donors (Lipinski definition) is 2. The summed E-state index contributed by atoms with van der Waals surface area (Å²) in [5, 5.41) is 27.3. The van der Waals surface area contributed by atoms with E-state index in [0.717, 1.165) is 0 Å². The van der Waals surface area contributed by atoms with E-state index in [-0.39, 0.29) is 75.4 Å². The summed E-state index contributed by atoms with van der Waals surface area (Å²) < 4.78 is 34.9. The highest BCUT2D eigenvalue weighted by Crippen LogP contribution is 2.32. The number of amides is 2. The van der Waals surface area contributed by atoms with Crippen LogP contribution in [-0.4, -0.2) is 74.5 Å². The maximum absolute atomic E-state index is 12.7. The lowest BCUT2D eigenvalue weighted by molar-refractivity contribution is -0.385. The Labute approximate surface area is 285 Å². The average Bonchev–Trinajstić information content (AvgIpc) is 3.11. The zero-order valence-electron chi connectivity index (χ0n) is 26.5. The number of fused-ring (bicyclic) bond motifs is 2. The van der Waals surface area contributed by atoms with Gasteiger partial charge in [0, 0.05) is 58.9 Å². The second kappa shape index (κ2) is 17.2. The first-order valence-corrected chi connectivity index (χ1v) is 15.3. The van der Waals surface area contributed by atoms with Crippen LogP contribution in [-0.2, 0) is 9.47 Å². The number of nitrogens with one attached hydrogen (secondary N) is 2. The topological polar surface area (TPSA) is 200 Å². The van der Waals surface area contributed by atoms with E-state index in [2.05, 4.69) is 10.6 Å². The second-order valence-corrected chi connectivity index (χ2v) is 10.5. The first kappa shape index (κ1) is 35.1. The molecule has 16 heteroatoms. The highest BCUT2D eigenvalue weighted by Gasteiger charge is 2.15. The third-order valence-corrected chi connectivity index (χ3v) is 7.02. The number of hydrogen-bond acceptors (Lipinski definition) is 12. The highest BCUT2D eigenvalue weighted by atomic mass is 16.6. The van der Waals surface area contributed by atoms with E-state index in [0.29, 0.717) is 34.4 Å². The fraction of sp³-hybridized carbons (Fsp3) is 0.235. The number of anilines is 2. The normalized spacial score (nSPS) is 13.9. The quantitative estimate of drug-likeness (QED) is 0.197. The first-order chi connectivity index (χ1) is 24.3. The molecule has 16 nitrogen and oxygen atoms in total. The van der Waals surface area contributed by atoms with Crippen LogP contribution in [0.25, 0.3) is 0 Å². The predicted octanol–water partition coefficient (Wildman–Crippen LogP) is 5.27. The minimum absolute atomic E-state index is 0.121. The van der Waals surface area contributed by atoms with E-state index in [1.165, 1.54) is 48.5 Å². The minimum atomic E-state index is -0.541. The summed E-state index contributed by atoms with van der Waals surface area (Å²) >= 11 is 0. The van der Waals surface area contributed by atoms with Gasteiger partial charge < -0.3 is 39.1 Å². The number of non-ortho nitro benzene ring substituents is 2. The van der Waals surface area contributed by atoms with Crippen molar-refractivity contribution in [2.45, 2.75) is 0 Å². The molecule has 50 heavy (non-hydrogen) atoms. The summed E-state index contributed by atoms with van der Waals surface area (Å²) in [6.45, 7) is 1.54. The van der Waals surface area contributed by atoms with Crippen molar-refractivity contribution >= 4 is 34.6 Å². The van der Waals surface area contributed by atoms with Crippen molar-refractivity contribution in [1.29, 1.82) is 0 Å². The Balaban J connectivity index is 1.18. The molecule has 2 N–H and O–H groups in total. The Kier molecular flexibility index (Phi) is 12.1. The van der Waals surface area contributed by atoms with Crippen molar-refractivity contribution in [1.82, 2.24) is 0 Å². The van der Waals surface area contributed by atoms with Gasteiger partial charge in [-0.2, -0.15) is 0 Å². The maximum Gasteiger partial charge on any atom is 0.269 e. The molecule has 260 valence electrons. The summed E-state index contributed by atoms with van der Waals surface area (Å²) in [4.78, 5) is 46.2. The third-order valence-electron chi connectivity index (χ3n) is 7.02. The Bertz CT molecular complexity index is 1690. The molecule has 0 saturated carbocycles. The fourth-order valence-electron chi connectivity index (χ4n) is 4.56. The summed E-state index contributed by atoms with van der Waals surface area (Å²) in [6.07, 6.45) is 0. The molecular formula is C34H32N4O12. The van der Waals surface area contributed by atoms with Crippen molar-refractivity contribution in [3.8, 4) is 23.0 Å². The van der Waals surface area contributed by atoms with Gasteiger partial charge in [0.2, 0.25) is 0 Å². The van der Waals surface area contributed by atoms with Gasteiger partial charge in [0.25, 0.3) is 23.2 Å². The van der Waals surface area contributed by atoms with E-state index < -0.39 is 21.7 Å². The van der Waals surface area contributed by atoms with Crippen LogP contribution in [0.5, 0.6) is 23.0 Å². The number of nitro groups is 2. The summed E-state index contributed by atoms with van der Waals surface area (Å²) in [6, 6.07) is 20.3. The van der Waals surface area contributed by atoms with Crippen molar-refractivity contribution < 1.29 is 47.9 Å². The van der Waals surface area contributed by atoms with E-state index in [4.69, 9.17) is 28.4 Å². The molecule has 0 atom stereocenters. The number of nitrogens with zero attached hydrogens (tertiary/aromatic N) is 2. The van der Waals surface area contributed by atoms with Crippen LogP contribution in [0.4, 0.5) is 22.7 Å². The van der Waals surface area contributed by atoms with E-state index in [1.807, 2.05) is 0 Å². The molecule has 2 amide bonds. The Hall–Kier alpha value is -6.26. The van der Waals surface area contributed by atoms with Gasteiger partial charge in [0.05, 0.1) is 36.3 Å². The van der Waals surface area contributed by atoms with Gasteiger partial charge in [0.1, 0.15) is 26.4 Å². The van der Waals surface area contributed by atoms with Crippen molar-refractivity contribution in [2.24, 2.45) is 0 Å². The van der Waals surface area contributed by atoms with Crippen LogP contribution < -0.4 is 29.6 Å². The highest BCUT2D eigenvalue weighted by molar-refractivity contribution is 6.05. The summed E-state index contributed by atoms with van der Waals surface area (Å²) in [7, 11) is 0. The molecule has 4 aromatic rings. The lowest BCUT2D eigenvalue weighted by Crippen LogP contribution is -2.16. The number of rotatable bonds is 6. The van der Waals surface area contributed by atoms with Gasteiger partial charge >= 0.3 is 0 Å². The zero-order valence-corrected chi connectivity index (χ0v) is 26.5. The SMILES string of the molecule is O=C(Nc1ccc2c(c1)OCCOCCOc1cc(NC(=O)c3ccc([N+](=O)[O-])cc3)ccc1OCCOCCO2)c1ccc([N+](=O)[O-])cc1. The van der Waals surface area contributed by atoms with Crippen LogP contribution in [0.2, 0.25) is 0 Å². The Morgan fingerprint density at radius 3 is 1.16 bits per heavy atom. The van der Waals surface area contributed by atoms with Gasteiger partial charge in [-0.1, -0.05) is 0 Å². The molecule has 0 radical (unpaired) electrons. The number of carbonyl (C=O) groups excluding carboxylic acids is 2. The minimum Gasteiger partial charge on any atom is -0.487 e. The zero-order chi connectivity index (χ0) is 35.3. The van der Waals surface area contributed by atoms with Gasteiger partial charge in [-0.3, -0.25) is 29.8 Å². The standard InChI is InChI=1S/C34H32N4O12/c39-33(23-1-7-27(8-2-23)37(41)42)35-25-5-11-29-31(21-25)49-19-15-46-16-20-50-32-22-26(6-12-30(32)48-18-14-45-13-17-47-29)36-34(40)24-3-9-28(10-4-24)38(43)44/h1-12,21-22H,13-20H2,(H,35,39)(H,36,40). The number of benzene rings is 4. The van der Waals surface area contributed by atoms with Crippen molar-refractivity contribution in [3.05, 3.63) is 116 Å². The van der Waals surface area contributed by atoms with Crippen LogP contribution in [0.15, 0.2) is 84.9 Å². The Morgan fingerprint density at radius 1 is 0.480 bits per heavy atom. The molecule has 0 aliphatic carbocycles.